The van der Waals surface area contributed by atoms with Crippen molar-refractivity contribution in [3.05, 3.63) is 34.9 Å². The lowest BCUT2D eigenvalue weighted by Crippen LogP contribution is -2.53. The van der Waals surface area contributed by atoms with Gasteiger partial charge < -0.3 is 10.6 Å². The maximum absolute atomic E-state index is 12.6. The van der Waals surface area contributed by atoms with Gasteiger partial charge in [-0.1, -0.05) is 49.1 Å². The maximum atomic E-state index is 12.6. The van der Waals surface area contributed by atoms with Crippen LogP contribution in [0.15, 0.2) is 24.3 Å². The standard InChI is InChI=1S/C17H23ClN2O/c18-14-9-5-4-8-13(14)17-15(19)10-11-16(21)20(17)12-6-2-1-3-7-12/h4-5,8-9,12,15,17H,1-3,6-7,10-11,19H2. The Bertz CT molecular complexity index is 513. The minimum atomic E-state index is -0.0666. The number of piperidine rings is 1. The van der Waals surface area contributed by atoms with Crippen molar-refractivity contribution in [2.75, 3.05) is 0 Å². The first-order valence-corrected chi connectivity index (χ1v) is 8.37. The van der Waals surface area contributed by atoms with Gasteiger partial charge in [-0.2, -0.15) is 0 Å². The van der Waals surface area contributed by atoms with E-state index in [2.05, 4.69) is 4.90 Å². The quantitative estimate of drug-likeness (QED) is 0.906. The van der Waals surface area contributed by atoms with Gasteiger partial charge >= 0.3 is 0 Å². The third-order valence-corrected chi connectivity index (χ3v) is 5.22. The molecule has 114 valence electrons. The Balaban J connectivity index is 1.95. The van der Waals surface area contributed by atoms with Gasteiger partial charge in [-0.05, 0) is 30.9 Å². The molecule has 1 aliphatic carbocycles. The van der Waals surface area contributed by atoms with Crippen molar-refractivity contribution in [1.29, 1.82) is 0 Å². The first-order valence-electron chi connectivity index (χ1n) is 7.99. The summed E-state index contributed by atoms with van der Waals surface area (Å²) < 4.78 is 0. The minimum Gasteiger partial charge on any atom is -0.331 e. The Morgan fingerprint density at radius 1 is 1.10 bits per heavy atom. The molecule has 1 saturated heterocycles. The van der Waals surface area contributed by atoms with Gasteiger partial charge in [-0.25, -0.2) is 0 Å². The number of likely N-dealkylation sites (tertiary alicyclic amines) is 1. The predicted octanol–water partition coefficient (Wildman–Crippen LogP) is 3.66. The summed E-state index contributed by atoms with van der Waals surface area (Å²) in [5.74, 6) is 0.244. The van der Waals surface area contributed by atoms with E-state index >= 15 is 0 Å². The number of amides is 1. The number of nitrogens with zero attached hydrogens (tertiary/aromatic N) is 1. The molecule has 0 radical (unpaired) electrons. The largest absolute Gasteiger partial charge is 0.331 e. The van der Waals surface area contributed by atoms with Gasteiger partial charge in [0.25, 0.3) is 0 Å². The number of nitrogens with two attached hydrogens (primary N) is 1. The average Bonchev–Trinajstić information content (AvgIpc) is 2.51. The van der Waals surface area contributed by atoms with Crippen LogP contribution in [0.4, 0.5) is 0 Å². The Kier molecular flexibility index (Phi) is 4.51. The molecule has 4 heteroatoms. The van der Waals surface area contributed by atoms with Crippen LogP contribution in [0.2, 0.25) is 5.02 Å². The number of carbonyl (C=O) groups excluding carboxylic acids is 1. The van der Waals surface area contributed by atoms with E-state index in [1.165, 1.54) is 19.3 Å². The second kappa shape index (κ2) is 6.37. The van der Waals surface area contributed by atoms with Gasteiger partial charge in [0.2, 0.25) is 5.91 Å². The predicted molar refractivity (Wildman–Crippen MR) is 85.1 cm³/mol. The summed E-state index contributed by atoms with van der Waals surface area (Å²) in [5, 5.41) is 0.716. The fourth-order valence-corrected chi connectivity index (χ4v) is 4.07. The third kappa shape index (κ3) is 2.95. The molecule has 1 aliphatic heterocycles. The summed E-state index contributed by atoms with van der Waals surface area (Å²) in [6, 6.07) is 8.05. The van der Waals surface area contributed by atoms with Gasteiger partial charge in [-0.3, -0.25) is 4.79 Å². The average molecular weight is 307 g/mol. The molecule has 1 amide bonds. The SMILES string of the molecule is NC1CCC(=O)N(C2CCCCC2)C1c1ccccc1Cl. The first kappa shape index (κ1) is 14.9. The van der Waals surface area contributed by atoms with Crippen LogP contribution in [-0.4, -0.2) is 22.9 Å². The van der Waals surface area contributed by atoms with Crippen LogP contribution in [-0.2, 0) is 4.79 Å². The second-order valence-electron chi connectivity index (χ2n) is 6.26. The van der Waals surface area contributed by atoms with Crippen LogP contribution in [0, 0.1) is 0 Å². The molecule has 2 atom stereocenters. The van der Waals surface area contributed by atoms with Crippen LogP contribution >= 0.6 is 11.6 Å². The lowest BCUT2D eigenvalue weighted by molar-refractivity contribution is -0.141. The highest BCUT2D eigenvalue weighted by Gasteiger charge is 2.39. The van der Waals surface area contributed by atoms with Crippen molar-refractivity contribution in [2.45, 2.75) is 63.1 Å². The van der Waals surface area contributed by atoms with Gasteiger partial charge in [0.15, 0.2) is 0 Å². The van der Waals surface area contributed by atoms with Crippen molar-refractivity contribution in [3.63, 3.8) is 0 Å². The fourth-order valence-electron chi connectivity index (χ4n) is 3.82. The minimum absolute atomic E-state index is 0.0236. The summed E-state index contributed by atoms with van der Waals surface area (Å²) >= 11 is 6.38. The van der Waals surface area contributed by atoms with Gasteiger partial charge in [-0.15, -0.1) is 0 Å². The Morgan fingerprint density at radius 2 is 1.81 bits per heavy atom. The van der Waals surface area contributed by atoms with E-state index in [0.29, 0.717) is 17.5 Å². The lowest BCUT2D eigenvalue weighted by atomic mass is 9.85. The molecule has 2 aliphatic rings. The van der Waals surface area contributed by atoms with Crippen molar-refractivity contribution in [2.24, 2.45) is 5.73 Å². The molecular weight excluding hydrogens is 284 g/mol. The summed E-state index contributed by atoms with van der Waals surface area (Å²) in [6.45, 7) is 0. The molecule has 0 bridgehead atoms. The zero-order chi connectivity index (χ0) is 14.8. The molecule has 3 nitrogen and oxygen atoms in total. The Morgan fingerprint density at radius 3 is 2.52 bits per heavy atom. The summed E-state index contributed by atoms with van der Waals surface area (Å²) in [6.07, 6.45) is 7.20. The van der Waals surface area contributed by atoms with Crippen molar-refractivity contribution >= 4 is 17.5 Å². The van der Waals surface area contributed by atoms with Crippen LogP contribution in [0.25, 0.3) is 0 Å². The van der Waals surface area contributed by atoms with E-state index in [0.717, 1.165) is 24.8 Å². The molecule has 0 aromatic heterocycles. The normalized spacial score (nSPS) is 27.9. The number of halogens is 1. The summed E-state index contributed by atoms with van der Waals surface area (Å²) in [7, 11) is 0. The van der Waals surface area contributed by atoms with Crippen molar-refractivity contribution in [3.8, 4) is 0 Å². The highest BCUT2D eigenvalue weighted by atomic mass is 35.5. The number of rotatable bonds is 2. The molecule has 3 rings (SSSR count). The molecule has 2 N–H and O–H groups in total. The Hall–Kier alpha value is -1.06. The summed E-state index contributed by atoms with van der Waals surface area (Å²) in [5.41, 5.74) is 7.39. The van der Waals surface area contributed by atoms with Gasteiger partial charge in [0.05, 0.1) is 6.04 Å². The third-order valence-electron chi connectivity index (χ3n) is 4.88. The van der Waals surface area contributed by atoms with E-state index in [1.807, 2.05) is 24.3 Å². The molecule has 0 spiro atoms. The second-order valence-corrected chi connectivity index (χ2v) is 6.67. The monoisotopic (exact) mass is 306 g/mol. The number of hydrogen-bond donors (Lipinski definition) is 1. The van der Waals surface area contributed by atoms with Crippen LogP contribution < -0.4 is 5.73 Å². The van der Waals surface area contributed by atoms with Crippen molar-refractivity contribution < 1.29 is 4.79 Å². The molecule has 1 saturated carbocycles. The molecule has 2 fully saturated rings. The molecule has 21 heavy (non-hydrogen) atoms. The molecule has 1 aromatic carbocycles. The maximum Gasteiger partial charge on any atom is 0.223 e. The van der Waals surface area contributed by atoms with E-state index in [-0.39, 0.29) is 18.0 Å². The van der Waals surface area contributed by atoms with Crippen LogP contribution in [0.1, 0.15) is 56.6 Å². The van der Waals surface area contributed by atoms with Crippen molar-refractivity contribution in [1.82, 2.24) is 4.90 Å². The smallest absolute Gasteiger partial charge is 0.223 e. The van der Waals surface area contributed by atoms with E-state index < -0.39 is 0 Å². The first-order chi connectivity index (χ1) is 10.2. The van der Waals surface area contributed by atoms with E-state index in [1.54, 1.807) is 0 Å². The molecule has 2 unspecified atom stereocenters. The topological polar surface area (TPSA) is 46.3 Å². The molecular formula is C17H23ClN2O. The number of carbonyl (C=O) groups is 1. The number of hydrogen-bond acceptors (Lipinski definition) is 2. The highest BCUT2D eigenvalue weighted by Crippen LogP contribution is 2.39. The van der Waals surface area contributed by atoms with Crippen LogP contribution in [0.5, 0.6) is 0 Å². The summed E-state index contributed by atoms with van der Waals surface area (Å²) in [4.78, 5) is 14.6. The Labute approximate surface area is 131 Å². The molecule has 1 heterocycles. The zero-order valence-electron chi connectivity index (χ0n) is 12.3. The van der Waals surface area contributed by atoms with E-state index in [9.17, 15) is 4.79 Å². The fraction of sp³-hybridized carbons (Fsp3) is 0.588. The zero-order valence-corrected chi connectivity index (χ0v) is 13.1. The van der Waals surface area contributed by atoms with Gasteiger partial charge in [0.1, 0.15) is 0 Å². The van der Waals surface area contributed by atoms with E-state index in [4.69, 9.17) is 17.3 Å². The van der Waals surface area contributed by atoms with Gasteiger partial charge in [0, 0.05) is 23.5 Å². The highest BCUT2D eigenvalue weighted by molar-refractivity contribution is 6.31. The lowest BCUT2D eigenvalue weighted by Gasteiger charge is -2.46. The molecule has 1 aromatic rings. The van der Waals surface area contributed by atoms with Crippen LogP contribution in [0.3, 0.4) is 0 Å². The number of benzene rings is 1.